The Bertz CT molecular complexity index is 889. The second-order valence-corrected chi connectivity index (χ2v) is 7.64. The number of quaternary nitrogens is 1. The van der Waals surface area contributed by atoms with Crippen LogP contribution in [0.5, 0.6) is 0 Å². The van der Waals surface area contributed by atoms with E-state index in [1.165, 1.54) is 4.90 Å². The summed E-state index contributed by atoms with van der Waals surface area (Å²) >= 11 is 5.97. The SMILES string of the molecule is CCc1ccccc1NC(=O)C[NH+]1CCN(C(=O)/C=C/c2cccc(Cl)c2)CC1. The second kappa shape index (κ2) is 10.2. The lowest BCUT2D eigenvalue weighted by Gasteiger charge is -2.31. The number of hydrogen-bond donors (Lipinski definition) is 2. The standard InChI is InChI=1S/C23H26ClN3O2/c1-2-19-7-3-4-9-21(19)25-22(28)17-26-12-14-27(15-13-26)23(29)11-10-18-6-5-8-20(24)16-18/h3-11,16H,2,12-15,17H2,1H3,(H,25,28)/p+1/b11-10+. The van der Waals surface area contributed by atoms with Crippen LogP contribution in [0, 0.1) is 0 Å². The number of carbonyl (C=O) groups is 2. The third-order valence-corrected chi connectivity index (χ3v) is 5.37. The first-order chi connectivity index (χ1) is 14.0. The first kappa shape index (κ1) is 21.1. The Morgan fingerprint density at radius 2 is 1.90 bits per heavy atom. The van der Waals surface area contributed by atoms with Gasteiger partial charge in [-0.3, -0.25) is 9.59 Å². The van der Waals surface area contributed by atoms with Crippen LogP contribution in [0.4, 0.5) is 5.69 Å². The van der Waals surface area contributed by atoms with Gasteiger partial charge in [0.05, 0.1) is 26.2 Å². The van der Waals surface area contributed by atoms with Gasteiger partial charge >= 0.3 is 0 Å². The fraction of sp³-hybridized carbons (Fsp3) is 0.304. The van der Waals surface area contributed by atoms with Crippen molar-refractivity contribution in [1.29, 1.82) is 0 Å². The van der Waals surface area contributed by atoms with Crippen molar-refractivity contribution >= 4 is 35.2 Å². The number of anilines is 1. The molecular weight excluding hydrogens is 386 g/mol. The molecule has 1 saturated heterocycles. The topological polar surface area (TPSA) is 53.9 Å². The summed E-state index contributed by atoms with van der Waals surface area (Å²) in [6, 6.07) is 15.3. The molecule has 0 saturated carbocycles. The summed E-state index contributed by atoms with van der Waals surface area (Å²) in [5, 5.41) is 3.67. The van der Waals surface area contributed by atoms with E-state index in [0.29, 0.717) is 24.7 Å². The molecule has 0 radical (unpaired) electrons. The Balaban J connectivity index is 1.46. The molecule has 6 heteroatoms. The maximum absolute atomic E-state index is 12.4. The van der Waals surface area contributed by atoms with Crippen LogP contribution in [0.15, 0.2) is 54.6 Å². The molecule has 152 valence electrons. The highest BCUT2D eigenvalue weighted by Gasteiger charge is 2.24. The summed E-state index contributed by atoms with van der Waals surface area (Å²) in [5.74, 6) is 0.00637. The fourth-order valence-electron chi connectivity index (χ4n) is 3.48. The molecule has 0 bridgehead atoms. The number of nitrogens with one attached hydrogen (secondary N) is 2. The number of benzene rings is 2. The number of aryl methyl sites for hydroxylation is 1. The zero-order chi connectivity index (χ0) is 20.6. The van der Waals surface area contributed by atoms with Crippen LogP contribution in [0.1, 0.15) is 18.1 Å². The number of amides is 2. The van der Waals surface area contributed by atoms with Crippen molar-refractivity contribution in [1.82, 2.24) is 4.90 Å². The number of para-hydroxylation sites is 1. The molecular formula is C23H27ClN3O2+. The van der Waals surface area contributed by atoms with E-state index < -0.39 is 0 Å². The van der Waals surface area contributed by atoms with Gasteiger partial charge in [-0.1, -0.05) is 48.9 Å². The lowest BCUT2D eigenvalue weighted by molar-refractivity contribution is -0.895. The number of carbonyl (C=O) groups excluding carboxylic acids is 2. The zero-order valence-electron chi connectivity index (χ0n) is 16.7. The lowest BCUT2D eigenvalue weighted by Crippen LogP contribution is -3.15. The third-order valence-electron chi connectivity index (χ3n) is 5.13. The number of nitrogens with zero attached hydrogens (tertiary/aromatic N) is 1. The van der Waals surface area contributed by atoms with E-state index in [1.54, 1.807) is 18.2 Å². The highest BCUT2D eigenvalue weighted by atomic mass is 35.5. The molecule has 29 heavy (non-hydrogen) atoms. The lowest BCUT2D eigenvalue weighted by atomic mass is 10.1. The summed E-state index contributed by atoms with van der Waals surface area (Å²) in [4.78, 5) is 27.9. The molecule has 3 rings (SSSR count). The van der Waals surface area contributed by atoms with E-state index in [4.69, 9.17) is 11.6 Å². The van der Waals surface area contributed by atoms with E-state index in [9.17, 15) is 9.59 Å². The van der Waals surface area contributed by atoms with Gasteiger partial charge in [-0.05, 0) is 41.8 Å². The van der Waals surface area contributed by atoms with Crippen molar-refractivity contribution in [2.45, 2.75) is 13.3 Å². The smallest absolute Gasteiger partial charge is 0.279 e. The minimum Gasteiger partial charge on any atom is -0.328 e. The Morgan fingerprint density at radius 3 is 2.62 bits per heavy atom. The zero-order valence-corrected chi connectivity index (χ0v) is 17.4. The minimum absolute atomic E-state index is 0.00893. The molecule has 2 N–H and O–H groups in total. The predicted molar refractivity (Wildman–Crippen MR) is 117 cm³/mol. The summed E-state index contributed by atoms with van der Waals surface area (Å²) in [6.45, 7) is 5.31. The van der Waals surface area contributed by atoms with Crippen LogP contribution >= 0.6 is 11.6 Å². The molecule has 2 aromatic rings. The fourth-order valence-corrected chi connectivity index (χ4v) is 3.67. The number of halogens is 1. The van der Waals surface area contributed by atoms with E-state index in [-0.39, 0.29) is 11.8 Å². The molecule has 0 unspecified atom stereocenters. The highest BCUT2D eigenvalue weighted by Crippen LogP contribution is 2.15. The largest absolute Gasteiger partial charge is 0.328 e. The van der Waals surface area contributed by atoms with Crippen LogP contribution in [-0.2, 0) is 16.0 Å². The van der Waals surface area contributed by atoms with Crippen LogP contribution in [0.2, 0.25) is 5.02 Å². The van der Waals surface area contributed by atoms with Gasteiger partial charge in [0.25, 0.3) is 5.91 Å². The van der Waals surface area contributed by atoms with Crippen molar-refractivity contribution in [3.63, 3.8) is 0 Å². The highest BCUT2D eigenvalue weighted by molar-refractivity contribution is 6.30. The maximum Gasteiger partial charge on any atom is 0.279 e. The summed E-state index contributed by atoms with van der Waals surface area (Å²) in [7, 11) is 0. The molecule has 2 amide bonds. The van der Waals surface area contributed by atoms with Gasteiger partial charge in [0, 0.05) is 16.8 Å². The van der Waals surface area contributed by atoms with Gasteiger partial charge in [-0.25, -0.2) is 0 Å². The molecule has 2 aromatic carbocycles. The van der Waals surface area contributed by atoms with E-state index in [0.717, 1.165) is 36.3 Å². The predicted octanol–water partition coefficient (Wildman–Crippen LogP) is 2.28. The van der Waals surface area contributed by atoms with E-state index >= 15 is 0 Å². The van der Waals surface area contributed by atoms with Crippen molar-refractivity contribution < 1.29 is 14.5 Å². The average Bonchev–Trinajstić information content (AvgIpc) is 2.73. The molecule has 0 aliphatic carbocycles. The Hall–Kier alpha value is -2.63. The van der Waals surface area contributed by atoms with Gasteiger partial charge in [0.2, 0.25) is 5.91 Å². The molecule has 1 aliphatic rings. The molecule has 0 atom stereocenters. The van der Waals surface area contributed by atoms with Crippen LogP contribution in [0.3, 0.4) is 0 Å². The molecule has 1 fully saturated rings. The van der Waals surface area contributed by atoms with Crippen molar-refractivity contribution in [2.24, 2.45) is 0 Å². The van der Waals surface area contributed by atoms with Crippen LogP contribution < -0.4 is 10.2 Å². The Labute approximate surface area is 177 Å². The van der Waals surface area contributed by atoms with Crippen LogP contribution in [0.25, 0.3) is 6.08 Å². The average molecular weight is 413 g/mol. The Morgan fingerprint density at radius 1 is 1.14 bits per heavy atom. The second-order valence-electron chi connectivity index (χ2n) is 7.20. The molecule has 5 nitrogen and oxygen atoms in total. The van der Waals surface area contributed by atoms with E-state index in [1.807, 2.05) is 47.4 Å². The van der Waals surface area contributed by atoms with E-state index in [2.05, 4.69) is 12.2 Å². The molecule has 0 aromatic heterocycles. The number of piperazine rings is 1. The van der Waals surface area contributed by atoms with Gasteiger partial charge in [-0.15, -0.1) is 0 Å². The van der Waals surface area contributed by atoms with Crippen molar-refractivity contribution in [3.8, 4) is 0 Å². The summed E-state index contributed by atoms with van der Waals surface area (Å²) in [6.07, 6.45) is 4.25. The first-order valence-corrected chi connectivity index (χ1v) is 10.4. The number of hydrogen-bond acceptors (Lipinski definition) is 2. The van der Waals surface area contributed by atoms with Crippen LogP contribution in [-0.4, -0.2) is 49.4 Å². The normalized spacial score (nSPS) is 14.9. The molecule has 1 aliphatic heterocycles. The van der Waals surface area contributed by atoms with Gasteiger partial charge in [-0.2, -0.15) is 0 Å². The Kier molecular flexibility index (Phi) is 7.44. The summed E-state index contributed by atoms with van der Waals surface area (Å²) < 4.78 is 0. The minimum atomic E-state index is -0.00893. The van der Waals surface area contributed by atoms with Crippen molar-refractivity contribution in [2.75, 3.05) is 38.0 Å². The van der Waals surface area contributed by atoms with Crippen molar-refractivity contribution in [3.05, 3.63) is 70.8 Å². The van der Waals surface area contributed by atoms with Gasteiger partial charge < -0.3 is 15.1 Å². The monoisotopic (exact) mass is 412 g/mol. The summed E-state index contributed by atoms with van der Waals surface area (Å²) in [5.41, 5.74) is 2.93. The third kappa shape index (κ3) is 6.17. The van der Waals surface area contributed by atoms with Gasteiger partial charge in [0.1, 0.15) is 0 Å². The molecule has 1 heterocycles. The number of rotatable bonds is 6. The molecule has 0 spiro atoms. The quantitative estimate of drug-likeness (QED) is 0.715. The maximum atomic E-state index is 12.4. The first-order valence-electron chi connectivity index (χ1n) is 9.99. The van der Waals surface area contributed by atoms with Gasteiger partial charge in [0.15, 0.2) is 6.54 Å².